The Kier molecular flexibility index (Phi) is 4.54. The molecule has 0 spiro atoms. The third-order valence-electron chi connectivity index (χ3n) is 3.49. The molecule has 1 N–H and O–H groups in total. The number of aliphatic carboxylic acids is 1. The maximum atomic E-state index is 12.4. The Morgan fingerprint density at radius 3 is 2.13 bits per heavy atom. The van der Waals surface area contributed by atoms with Crippen molar-refractivity contribution in [3.8, 4) is 11.1 Å². The standard InChI is InChI=1S/C17H13F3O3/c1-10(16(22)23)13-3-2-4-14(9-13)11-5-7-12(8-6-11)15(21)17(18,19)20/h2-10H,1H3,(H,22,23). The molecule has 0 aliphatic rings. The Bertz CT molecular complexity index is 733. The Balaban J connectivity index is 2.32. The number of rotatable bonds is 4. The van der Waals surface area contributed by atoms with Gasteiger partial charge in [0, 0.05) is 5.56 Å². The molecule has 2 aromatic rings. The van der Waals surface area contributed by atoms with Crippen LogP contribution < -0.4 is 0 Å². The number of halogens is 3. The molecule has 0 fully saturated rings. The molecule has 0 aliphatic heterocycles. The minimum absolute atomic E-state index is 0.434. The van der Waals surface area contributed by atoms with Crippen molar-refractivity contribution in [3.63, 3.8) is 0 Å². The van der Waals surface area contributed by atoms with Gasteiger partial charge in [-0.25, -0.2) is 0 Å². The highest BCUT2D eigenvalue weighted by atomic mass is 19.4. The molecule has 6 heteroatoms. The van der Waals surface area contributed by atoms with Crippen LogP contribution in [-0.2, 0) is 4.79 Å². The molecule has 0 heterocycles. The summed E-state index contributed by atoms with van der Waals surface area (Å²) in [5.74, 6) is -3.55. The van der Waals surface area contributed by atoms with E-state index in [9.17, 15) is 22.8 Å². The second-order valence-corrected chi connectivity index (χ2v) is 5.09. The highest BCUT2D eigenvalue weighted by molar-refractivity contribution is 6.00. The summed E-state index contributed by atoms with van der Waals surface area (Å²) < 4.78 is 37.1. The fourth-order valence-corrected chi connectivity index (χ4v) is 2.11. The normalized spacial score (nSPS) is 12.7. The van der Waals surface area contributed by atoms with Crippen molar-refractivity contribution in [1.29, 1.82) is 0 Å². The van der Waals surface area contributed by atoms with Gasteiger partial charge in [-0.05, 0) is 23.6 Å². The Hall–Kier alpha value is -2.63. The zero-order valence-corrected chi connectivity index (χ0v) is 12.1. The number of carbonyl (C=O) groups is 2. The minimum Gasteiger partial charge on any atom is -0.481 e. The minimum atomic E-state index is -4.90. The fraction of sp³-hybridized carbons (Fsp3) is 0.176. The van der Waals surface area contributed by atoms with E-state index < -0.39 is 29.4 Å². The predicted octanol–water partition coefficient (Wildman–Crippen LogP) is 4.29. The first-order valence-corrected chi connectivity index (χ1v) is 6.75. The van der Waals surface area contributed by atoms with Crippen LogP contribution in [0.2, 0.25) is 0 Å². The maximum Gasteiger partial charge on any atom is 0.454 e. The molecule has 0 bridgehead atoms. The molecule has 1 atom stereocenters. The van der Waals surface area contributed by atoms with Gasteiger partial charge in [-0.15, -0.1) is 0 Å². The molecule has 120 valence electrons. The van der Waals surface area contributed by atoms with Crippen LogP contribution >= 0.6 is 0 Å². The van der Waals surface area contributed by atoms with Crippen molar-refractivity contribution in [1.82, 2.24) is 0 Å². The summed E-state index contributed by atoms with van der Waals surface area (Å²) in [6.45, 7) is 1.55. The van der Waals surface area contributed by atoms with Crippen LogP contribution in [0.5, 0.6) is 0 Å². The number of carboxylic acid groups (broad SMARTS) is 1. The van der Waals surface area contributed by atoms with E-state index in [0.717, 1.165) is 12.1 Å². The van der Waals surface area contributed by atoms with Gasteiger partial charge < -0.3 is 5.11 Å². The number of hydrogen-bond donors (Lipinski definition) is 1. The van der Waals surface area contributed by atoms with Gasteiger partial charge in [-0.3, -0.25) is 9.59 Å². The zero-order valence-electron chi connectivity index (χ0n) is 12.1. The Labute approximate surface area is 130 Å². The van der Waals surface area contributed by atoms with Crippen LogP contribution in [0.3, 0.4) is 0 Å². The summed E-state index contributed by atoms with van der Waals surface area (Å²) in [4.78, 5) is 22.2. The lowest BCUT2D eigenvalue weighted by Crippen LogP contribution is -2.22. The number of carbonyl (C=O) groups excluding carboxylic acids is 1. The first kappa shape index (κ1) is 16.7. The number of carboxylic acids is 1. The van der Waals surface area contributed by atoms with Crippen molar-refractivity contribution >= 4 is 11.8 Å². The van der Waals surface area contributed by atoms with Crippen molar-refractivity contribution in [2.75, 3.05) is 0 Å². The molecular formula is C17H13F3O3. The summed E-state index contributed by atoms with van der Waals surface area (Å²) in [5, 5.41) is 9.03. The van der Waals surface area contributed by atoms with Crippen molar-refractivity contribution in [2.24, 2.45) is 0 Å². The predicted molar refractivity (Wildman–Crippen MR) is 78.3 cm³/mol. The smallest absolute Gasteiger partial charge is 0.454 e. The summed E-state index contributed by atoms with van der Waals surface area (Å²) in [6, 6.07) is 11.8. The monoisotopic (exact) mass is 322 g/mol. The quantitative estimate of drug-likeness (QED) is 0.855. The second-order valence-electron chi connectivity index (χ2n) is 5.09. The van der Waals surface area contributed by atoms with E-state index in [0.29, 0.717) is 16.7 Å². The number of hydrogen-bond acceptors (Lipinski definition) is 2. The van der Waals surface area contributed by atoms with Gasteiger partial charge in [-0.2, -0.15) is 13.2 Å². The van der Waals surface area contributed by atoms with E-state index >= 15 is 0 Å². The first-order valence-electron chi connectivity index (χ1n) is 6.75. The lowest BCUT2D eigenvalue weighted by Gasteiger charge is -2.10. The van der Waals surface area contributed by atoms with Gasteiger partial charge in [-0.1, -0.05) is 48.5 Å². The van der Waals surface area contributed by atoms with E-state index in [1.54, 1.807) is 31.2 Å². The summed E-state index contributed by atoms with van der Waals surface area (Å²) in [7, 11) is 0. The molecule has 2 rings (SSSR count). The van der Waals surface area contributed by atoms with E-state index in [4.69, 9.17) is 5.11 Å². The summed E-state index contributed by atoms with van der Waals surface area (Å²) in [5.41, 5.74) is 1.42. The lowest BCUT2D eigenvalue weighted by atomic mass is 9.95. The van der Waals surface area contributed by atoms with Gasteiger partial charge >= 0.3 is 12.1 Å². The van der Waals surface area contributed by atoms with Crippen LogP contribution in [0.4, 0.5) is 13.2 Å². The topological polar surface area (TPSA) is 54.4 Å². The molecule has 0 radical (unpaired) electrons. The molecule has 1 unspecified atom stereocenters. The third-order valence-corrected chi connectivity index (χ3v) is 3.49. The van der Waals surface area contributed by atoms with E-state index in [-0.39, 0.29) is 0 Å². The lowest BCUT2D eigenvalue weighted by molar-refractivity contribution is -0.138. The molecular weight excluding hydrogens is 309 g/mol. The molecule has 0 saturated carbocycles. The first-order chi connectivity index (χ1) is 10.7. The average molecular weight is 322 g/mol. The number of ketones is 1. The number of benzene rings is 2. The van der Waals surface area contributed by atoms with Crippen LogP contribution in [0.15, 0.2) is 48.5 Å². The maximum absolute atomic E-state index is 12.4. The molecule has 23 heavy (non-hydrogen) atoms. The SMILES string of the molecule is CC(C(=O)O)c1cccc(-c2ccc(C(=O)C(F)(F)F)cc2)c1. The molecule has 0 saturated heterocycles. The van der Waals surface area contributed by atoms with E-state index in [2.05, 4.69) is 0 Å². The average Bonchev–Trinajstić information content (AvgIpc) is 2.52. The molecule has 0 aliphatic carbocycles. The van der Waals surface area contributed by atoms with E-state index in [1.165, 1.54) is 12.1 Å². The van der Waals surface area contributed by atoms with Gasteiger partial charge in [0.2, 0.25) is 0 Å². The van der Waals surface area contributed by atoms with Gasteiger partial charge in [0.1, 0.15) is 0 Å². The molecule has 3 nitrogen and oxygen atoms in total. The van der Waals surface area contributed by atoms with Gasteiger partial charge in [0.25, 0.3) is 5.78 Å². The fourth-order valence-electron chi connectivity index (χ4n) is 2.11. The molecule has 0 amide bonds. The van der Waals surface area contributed by atoms with Crippen LogP contribution in [-0.4, -0.2) is 23.0 Å². The highest BCUT2D eigenvalue weighted by Crippen LogP contribution is 2.26. The Morgan fingerprint density at radius 2 is 1.61 bits per heavy atom. The number of Topliss-reactive ketones (excluding diaryl/α,β-unsaturated/α-hetero) is 1. The van der Waals surface area contributed by atoms with Gasteiger partial charge in [0.15, 0.2) is 0 Å². The van der Waals surface area contributed by atoms with Crippen molar-refractivity contribution < 1.29 is 27.9 Å². The highest BCUT2D eigenvalue weighted by Gasteiger charge is 2.39. The summed E-state index contributed by atoms with van der Waals surface area (Å²) in [6.07, 6.45) is -4.90. The van der Waals surface area contributed by atoms with Crippen molar-refractivity contribution in [2.45, 2.75) is 19.0 Å². The summed E-state index contributed by atoms with van der Waals surface area (Å²) >= 11 is 0. The van der Waals surface area contributed by atoms with Crippen LogP contribution in [0.25, 0.3) is 11.1 Å². The third kappa shape index (κ3) is 3.77. The largest absolute Gasteiger partial charge is 0.481 e. The van der Waals surface area contributed by atoms with Crippen molar-refractivity contribution in [3.05, 3.63) is 59.7 Å². The zero-order chi connectivity index (χ0) is 17.2. The second kappa shape index (κ2) is 6.24. The number of alkyl halides is 3. The molecule has 2 aromatic carbocycles. The van der Waals surface area contributed by atoms with Gasteiger partial charge in [0.05, 0.1) is 5.92 Å². The van der Waals surface area contributed by atoms with Crippen LogP contribution in [0, 0.1) is 0 Å². The van der Waals surface area contributed by atoms with Crippen LogP contribution in [0.1, 0.15) is 28.8 Å². The Morgan fingerprint density at radius 1 is 1.00 bits per heavy atom. The van der Waals surface area contributed by atoms with E-state index in [1.807, 2.05) is 0 Å². The molecule has 0 aromatic heterocycles.